The number of amides is 1. The van der Waals surface area contributed by atoms with Crippen molar-refractivity contribution >= 4 is 21.6 Å². The predicted molar refractivity (Wildman–Crippen MR) is 106 cm³/mol. The van der Waals surface area contributed by atoms with Crippen LogP contribution in [0, 0.1) is 6.92 Å². The van der Waals surface area contributed by atoms with Crippen LogP contribution in [0.5, 0.6) is 0 Å². The summed E-state index contributed by atoms with van der Waals surface area (Å²) in [5.41, 5.74) is 2.59. The maximum absolute atomic E-state index is 12.2. The van der Waals surface area contributed by atoms with E-state index < -0.39 is 10.0 Å². The first-order valence-corrected chi connectivity index (χ1v) is 10.5. The summed E-state index contributed by atoms with van der Waals surface area (Å²) < 4.78 is 25.7. The van der Waals surface area contributed by atoms with Crippen molar-refractivity contribution in [3.63, 3.8) is 0 Å². The molecule has 0 aromatic heterocycles. The molecular formula is C20H26N2O3S. The molecule has 0 aliphatic rings. The highest BCUT2D eigenvalue weighted by Crippen LogP contribution is 2.22. The number of nitrogens with one attached hydrogen (secondary N) is 1. The zero-order valence-corrected chi connectivity index (χ0v) is 16.3. The molecule has 0 fully saturated rings. The van der Waals surface area contributed by atoms with Crippen LogP contribution in [0.3, 0.4) is 0 Å². The van der Waals surface area contributed by atoms with Gasteiger partial charge in [0, 0.05) is 13.0 Å². The van der Waals surface area contributed by atoms with Gasteiger partial charge in [-0.3, -0.25) is 9.10 Å². The lowest BCUT2D eigenvalue weighted by molar-refractivity contribution is -0.121. The number of anilines is 1. The number of nitrogens with zero attached hydrogens (tertiary/aromatic N) is 1. The molecule has 0 saturated carbocycles. The summed E-state index contributed by atoms with van der Waals surface area (Å²) in [5.74, 6) is -0.0837. The summed E-state index contributed by atoms with van der Waals surface area (Å²) in [7, 11) is -3.40. The first kappa shape index (κ1) is 20.0. The molecule has 2 rings (SSSR count). The largest absolute Gasteiger partial charge is 0.350 e. The number of sulfonamides is 1. The van der Waals surface area contributed by atoms with E-state index in [2.05, 4.69) is 5.32 Å². The monoisotopic (exact) mass is 374 g/mol. The zero-order chi connectivity index (χ0) is 19.2. The minimum Gasteiger partial charge on any atom is -0.350 e. The molecule has 0 saturated heterocycles. The molecule has 1 atom stereocenters. The fraction of sp³-hybridized carbons (Fsp3) is 0.350. The van der Waals surface area contributed by atoms with Crippen LogP contribution in [0.1, 0.15) is 36.9 Å². The van der Waals surface area contributed by atoms with Crippen LogP contribution >= 0.6 is 0 Å². The number of hydrogen-bond donors (Lipinski definition) is 1. The van der Waals surface area contributed by atoms with E-state index in [1.807, 2.05) is 62.4 Å². The Balaban J connectivity index is 1.93. The van der Waals surface area contributed by atoms with Crippen LogP contribution in [0.25, 0.3) is 0 Å². The lowest BCUT2D eigenvalue weighted by Gasteiger charge is -2.24. The van der Waals surface area contributed by atoms with Gasteiger partial charge < -0.3 is 5.32 Å². The highest BCUT2D eigenvalue weighted by atomic mass is 32.2. The average molecular weight is 375 g/mol. The van der Waals surface area contributed by atoms with Crippen molar-refractivity contribution < 1.29 is 13.2 Å². The molecule has 0 bridgehead atoms. The van der Waals surface area contributed by atoms with Crippen LogP contribution in [0.15, 0.2) is 54.6 Å². The van der Waals surface area contributed by atoms with Gasteiger partial charge in [0.05, 0.1) is 18.0 Å². The smallest absolute Gasteiger partial charge is 0.232 e. The summed E-state index contributed by atoms with van der Waals surface area (Å²) in [6.45, 7) is 4.09. The van der Waals surface area contributed by atoms with E-state index in [-0.39, 0.29) is 24.9 Å². The molecule has 0 spiro atoms. The quantitative estimate of drug-likeness (QED) is 0.770. The Morgan fingerprint density at radius 3 is 2.31 bits per heavy atom. The molecule has 0 aliphatic heterocycles. The van der Waals surface area contributed by atoms with Crippen molar-refractivity contribution in [3.8, 4) is 0 Å². The molecular weight excluding hydrogens is 348 g/mol. The number of aryl methyl sites for hydroxylation is 1. The number of carbonyl (C=O) groups is 1. The number of para-hydroxylation sites is 1. The molecule has 0 aliphatic carbocycles. The number of carbonyl (C=O) groups excluding carboxylic acids is 1. The van der Waals surface area contributed by atoms with Crippen LogP contribution in [0.4, 0.5) is 5.69 Å². The van der Waals surface area contributed by atoms with Crippen molar-refractivity contribution in [2.75, 3.05) is 17.1 Å². The molecule has 5 nitrogen and oxygen atoms in total. The van der Waals surface area contributed by atoms with Crippen molar-refractivity contribution in [1.82, 2.24) is 5.32 Å². The van der Waals surface area contributed by atoms with Gasteiger partial charge in [-0.1, -0.05) is 48.5 Å². The predicted octanol–water partition coefficient (Wildman–Crippen LogP) is 3.42. The molecule has 0 unspecified atom stereocenters. The van der Waals surface area contributed by atoms with Crippen molar-refractivity contribution in [3.05, 3.63) is 65.7 Å². The van der Waals surface area contributed by atoms with Gasteiger partial charge in [-0.15, -0.1) is 0 Å². The zero-order valence-electron chi connectivity index (χ0n) is 15.5. The summed E-state index contributed by atoms with van der Waals surface area (Å²) in [4.78, 5) is 12.2. The summed E-state index contributed by atoms with van der Waals surface area (Å²) in [6, 6.07) is 17.0. The Kier molecular flexibility index (Phi) is 6.80. The van der Waals surface area contributed by atoms with Gasteiger partial charge in [0.15, 0.2) is 0 Å². The van der Waals surface area contributed by atoms with Crippen molar-refractivity contribution in [2.24, 2.45) is 0 Å². The van der Waals surface area contributed by atoms with Crippen LogP contribution in [-0.2, 0) is 14.8 Å². The topological polar surface area (TPSA) is 66.5 Å². The van der Waals surface area contributed by atoms with Gasteiger partial charge >= 0.3 is 0 Å². The summed E-state index contributed by atoms with van der Waals surface area (Å²) >= 11 is 0. The van der Waals surface area contributed by atoms with E-state index in [0.717, 1.165) is 11.1 Å². The second kappa shape index (κ2) is 8.85. The molecule has 0 radical (unpaired) electrons. The minimum absolute atomic E-state index is 0.0777. The Bertz CT molecular complexity index is 835. The van der Waals surface area contributed by atoms with E-state index in [1.165, 1.54) is 10.6 Å². The van der Waals surface area contributed by atoms with Gasteiger partial charge in [-0.05, 0) is 37.5 Å². The SMILES string of the molecule is Cc1ccccc1N(CCCC(=O)N[C@H](C)c1ccccc1)S(C)(=O)=O. The van der Waals surface area contributed by atoms with Crippen LogP contribution in [-0.4, -0.2) is 27.1 Å². The Hall–Kier alpha value is -2.34. The fourth-order valence-electron chi connectivity index (χ4n) is 2.83. The van der Waals surface area contributed by atoms with Crippen LogP contribution < -0.4 is 9.62 Å². The highest BCUT2D eigenvalue weighted by molar-refractivity contribution is 7.92. The van der Waals surface area contributed by atoms with Gasteiger partial charge in [-0.25, -0.2) is 8.42 Å². The number of benzene rings is 2. The van der Waals surface area contributed by atoms with Gasteiger partial charge in [0.2, 0.25) is 15.9 Å². The maximum Gasteiger partial charge on any atom is 0.232 e. The molecule has 26 heavy (non-hydrogen) atoms. The molecule has 1 amide bonds. The third-order valence-corrected chi connectivity index (χ3v) is 5.41. The lowest BCUT2D eigenvalue weighted by atomic mass is 10.1. The van der Waals surface area contributed by atoms with Gasteiger partial charge in [0.1, 0.15) is 0 Å². The van der Waals surface area contributed by atoms with E-state index in [0.29, 0.717) is 12.1 Å². The number of rotatable bonds is 8. The van der Waals surface area contributed by atoms with Gasteiger partial charge in [-0.2, -0.15) is 0 Å². The number of hydrogen-bond acceptors (Lipinski definition) is 3. The standard InChI is InChI=1S/C20H26N2O3S/c1-16-10-7-8-13-19(16)22(26(3,24)25)15-9-14-20(23)21-17(2)18-11-5-4-6-12-18/h4-8,10-13,17H,9,14-15H2,1-3H3,(H,21,23)/t17-/m1/s1. The summed E-state index contributed by atoms with van der Waals surface area (Å²) in [5, 5.41) is 2.95. The van der Waals surface area contributed by atoms with E-state index in [1.54, 1.807) is 6.07 Å². The molecule has 0 heterocycles. The van der Waals surface area contributed by atoms with Gasteiger partial charge in [0.25, 0.3) is 0 Å². The molecule has 2 aromatic rings. The summed E-state index contributed by atoms with van der Waals surface area (Å²) in [6.07, 6.45) is 1.92. The molecule has 140 valence electrons. The van der Waals surface area contributed by atoms with E-state index in [4.69, 9.17) is 0 Å². The van der Waals surface area contributed by atoms with Crippen LogP contribution in [0.2, 0.25) is 0 Å². The normalized spacial score (nSPS) is 12.4. The maximum atomic E-state index is 12.2. The second-order valence-electron chi connectivity index (χ2n) is 6.43. The van der Waals surface area contributed by atoms with Crippen molar-refractivity contribution in [2.45, 2.75) is 32.7 Å². The second-order valence-corrected chi connectivity index (χ2v) is 8.33. The Morgan fingerprint density at radius 2 is 1.69 bits per heavy atom. The van der Waals surface area contributed by atoms with E-state index in [9.17, 15) is 13.2 Å². The highest BCUT2D eigenvalue weighted by Gasteiger charge is 2.19. The fourth-order valence-corrected chi connectivity index (χ4v) is 3.85. The first-order chi connectivity index (χ1) is 12.3. The Morgan fingerprint density at radius 1 is 1.08 bits per heavy atom. The minimum atomic E-state index is -3.40. The molecule has 2 aromatic carbocycles. The lowest BCUT2D eigenvalue weighted by Crippen LogP contribution is -2.33. The first-order valence-electron chi connectivity index (χ1n) is 8.66. The van der Waals surface area contributed by atoms with Crippen molar-refractivity contribution in [1.29, 1.82) is 0 Å². The Labute approximate surface area is 156 Å². The van der Waals surface area contributed by atoms with E-state index >= 15 is 0 Å². The third kappa shape index (κ3) is 5.59. The molecule has 6 heteroatoms. The average Bonchev–Trinajstić information content (AvgIpc) is 2.59. The molecule has 1 N–H and O–H groups in total. The third-order valence-electron chi connectivity index (χ3n) is 4.23.